The molecule has 0 spiro atoms. The lowest BCUT2D eigenvalue weighted by Gasteiger charge is -2.33. The average Bonchev–Trinajstić information content (AvgIpc) is 3.01. The molecule has 1 aromatic carbocycles. The van der Waals surface area contributed by atoms with Crippen LogP contribution in [0.4, 0.5) is 0 Å². The second-order valence-corrected chi connectivity index (χ2v) is 7.48. The molecule has 2 saturated heterocycles. The van der Waals surface area contributed by atoms with Crippen LogP contribution in [0.25, 0.3) is 0 Å². The van der Waals surface area contributed by atoms with E-state index in [0.717, 1.165) is 6.42 Å². The van der Waals surface area contributed by atoms with E-state index >= 15 is 0 Å². The van der Waals surface area contributed by atoms with Crippen molar-refractivity contribution in [2.45, 2.75) is 39.0 Å². The van der Waals surface area contributed by atoms with Crippen molar-refractivity contribution < 1.29 is 19.4 Å². The Kier molecular flexibility index (Phi) is 5.13. The second kappa shape index (κ2) is 7.16. The van der Waals surface area contributed by atoms with E-state index in [-0.39, 0.29) is 17.7 Å². The number of nitrogens with zero attached hydrogens (tertiary/aromatic N) is 1. The van der Waals surface area contributed by atoms with E-state index in [2.05, 4.69) is 38.1 Å². The van der Waals surface area contributed by atoms with Gasteiger partial charge in [-0.1, -0.05) is 36.8 Å². The van der Waals surface area contributed by atoms with Gasteiger partial charge in [-0.25, -0.2) is 0 Å². The summed E-state index contributed by atoms with van der Waals surface area (Å²) in [4.78, 5) is 26.5. The molecule has 2 aliphatic heterocycles. The first-order chi connectivity index (χ1) is 12.0. The molecule has 3 rings (SSSR count). The molecule has 3 atom stereocenters. The van der Waals surface area contributed by atoms with Gasteiger partial charge in [0.2, 0.25) is 5.91 Å². The zero-order valence-electron chi connectivity index (χ0n) is 15.0. The lowest BCUT2D eigenvalue weighted by Crippen LogP contribution is -2.45. The topological polar surface area (TPSA) is 66.8 Å². The Hall–Kier alpha value is -1.88. The van der Waals surface area contributed by atoms with E-state index in [1.807, 2.05) is 0 Å². The Morgan fingerprint density at radius 1 is 1.36 bits per heavy atom. The van der Waals surface area contributed by atoms with Crippen LogP contribution in [0, 0.1) is 18.3 Å². The van der Waals surface area contributed by atoms with Gasteiger partial charge < -0.3 is 14.7 Å². The predicted molar refractivity (Wildman–Crippen MR) is 94.4 cm³/mol. The fourth-order valence-corrected chi connectivity index (χ4v) is 4.17. The van der Waals surface area contributed by atoms with Crippen LogP contribution in [0.15, 0.2) is 24.3 Å². The number of rotatable bonds is 5. The van der Waals surface area contributed by atoms with Crippen molar-refractivity contribution >= 4 is 11.9 Å². The van der Waals surface area contributed by atoms with Gasteiger partial charge in [-0.15, -0.1) is 0 Å². The number of amides is 1. The van der Waals surface area contributed by atoms with Crippen molar-refractivity contribution in [1.29, 1.82) is 0 Å². The van der Waals surface area contributed by atoms with E-state index < -0.39 is 11.4 Å². The number of carbonyl (C=O) groups excluding carboxylic acids is 1. The van der Waals surface area contributed by atoms with E-state index in [1.165, 1.54) is 11.1 Å². The average molecular weight is 345 g/mol. The van der Waals surface area contributed by atoms with E-state index in [1.54, 1.807) is 4.90 Å². The van der Waals surface area contributed by atoms with Crippen LogP contribution in [0.3, 0.4) is 0 Å². The monoisotopic (exact) mass is 345 g/mol. The van der Waals surface area contributed by atoms with Crippen molar-refractivity contribution in [2.24, 2.45) is 11.3 Å². The molecule has 0 aliphatic carbocycles. The third-order valence-electron chi connectivity index (χ3n) is 5.95. The van der Waals surface area contributed by atoms with Crippen LogP contribution in [0.1, 0.15) is 43.2 Å². The largest absolute Gasteiger partial charge is 0.481 e. The van der Waals surface area contributed by atoms with Gasteiger partial charge in [0, 0.05) is 32.0 Å². The van der Waals surface area contributed by atoms with Crippen LogP contribution in [-0.4, -0.2) is 48.2 Å². The van der Waals surface area contributed by atoms with Crippen LogP contribution in [-0.2, 0) is 14.3 Å². The van der Waals surface area contributed by atoms with Gasteiger partial charge >= 0.3 is 5.97 Å². The lowest BCUT2D eigenvalue weighted by atomic mass is 9.74. The number of carboxylic acids is 1. The van der Waals surface area contributed by atoms with E-state index in [0.29, 0.717) is 39.1 Å². The second-order valence-electron chi connectivity index (χ2n) is 7.48. The van der Waals surface area contributed by atoms with Crippen molar-refractivity contribution in [3.8, 4) is 0 Å². The number of benzene rings is 1. The zero-order chi connectivity index (χ0) is 18.0. The Morgan fingerprint density at radius 3 is 2.68 bits per heavy atom. The van der Waals surface area contributed by atoms with Gasteiger partial charge in [0.1, 0.15) is 0 Å². The van der Waals surface area contributed by atoms with Gasteiger partial charge in [-0.2, -0.15) is 0 Å². The number of aryl methyl sites for hydroxylation is 1. The molecule has 1 N–H and O–H groups in total. The molecule has 25 heavy (non-hydrogen) atoms. The molecule has 2 aliphatic rings. The van der Waals surface area contributed by atoms with Crippen molar-refractivity contribution in [3.63, 3.8) is 0 Å². The van der Waals surface area contributed by atoms with Gasteiger partial charge in [0.05, 0.1) is 12.0 Å². The summed E-state index contributed by atoms with van der Waals surface area (Å²) in [5.74, 6) is -0.654. The molecular formula is C20H27NO4. The summed E-state index contributed by atoms with van der Waals surface area (Å²) < 4.78 is 5.47. The van der Waals surface area contributed by atoms with Crippen LogP contribution >= 0.6 is 0 Å². The molecular weight excluding hydrogens is 318 g/mol. The predicted octanol–water partition coefficient (Wildman–Crippen LogP) is 2.83. The van der Waals surface area contributed by atoms with Gasteiger partial charge in [-0.3, -0.25) is 9.59 Å². The Bertz CT molecular complexity index is 642. The van der Waals surface area contributed by atoms with Gasteiger partial charge in [0.15, 0.2) is 0 Å². The first-order valence-electron chi connectivity index (χ1n) is 9.11. The molecule has 2 heterocycles. The van der Waals surface area contributed by atoms with Crippen LogP contribution < -0.4 is 0 Å². The number of aliphatic carboxylic acids is 1. The third-order valence-corrected chi connectivity index (χ3v) is 5.95. The number of hydrogen-bond donors (Lipinski definition) is 1. The highest BCUT2D eigenvalue weighted by Crippen LogP contribution is 2.43. The molecule has 1 amide bonds. The highest BCUT2D eigenvalue weighted by atomic mass is 16.5. The highest BCUT2D eigenvalue weighted by Gasteiger charge is 2.54. The standard InChI is InChI=1S/C20H27NO4/c1-3-15(16-6-4-14(2)5-7-16)10-18(22)21-11-17-12-25-9-8-20(17,13-21)19(23)24/h4-7,15,17H,3,8-13H2,1-2H3,(H,23,24)/t15?,17-,20+/m0/s1. The lowest BCUT2D eigenvalue weighted by molar-refractivity contribution is -0.157. The fraction of sp³-hybridized carbons (Fsp3) is 0.600. The summed E-state index contributed by atoms with van der Waals surface area (Å²) >= 11 is 0. The van der Waals surface area contributed by atoms with Crippen molar-refractivity contribution in [3.05, 3.63) is 35.4 Å². The quantitative estimate of drug-likeness (QED) is 0.891. The molecule has 5 nitrogen and oxygen atoms in total. The van der Waals surface area contributed by atoms with Crippen molar-refractivity contribution in [2.75, 3.05) is 26.3 Å². The summed E-state index contributed by atoms with van der Waals surface area (Å²) in [5, 5.41) is 9.74. The number of carboxylic acid groups (broad SMARTS) is 1. The van der Waals surface area contributed by atoms with Crippen molar-refractivity contribution in [1.82, 2.24) is 4.90 Å². The minimum absolute atomic E-state index is 0.0578. The molecule has 1 aromatic rings. The maximum atomic E-state index is 12.9. The minimum atomic E-state index is -0.820. The molecule has 1 unspecified atom stereocenters. The molecule has 2 fully saturated rings. The molecule has 5 heteroatoms. The third kappa shape index (κ3) is 3.43. The number of hydrogen-bond acceptors (Lipinski definition) is 3. The SMILES string of the molecule is CCC(CC(=O)N1C[C@H]2COCC[C@@]2(C(=O)O)C1)c1ccc(C)cc1. The first-order valence-corrected chi connectivity index (χ1v) is 9.11. The maximum absolute atomic E-state index is 12.9. The fourth-order valence-electron chi connectivity index (χ4n) is 4.17. The molecule has 0 bridgehead atoms. The molecule has 0 aromatic heterocycles. The summed E-state index contributed by atoms with van der Waals surface area (Å²) in [6.07, 6.45) is 1.81. The minimum Gasteiger partial charge on any atom is -0.481 e. The first kappa shape index (κ1) is 17.9. The molecule has 136 valence electrons. The number of carbonyl (C=O) groups is 2. The summed E-state index contributed by atoms with van der Waals surface area (Å²) in [7, 11) is 0. The van der Waals surface area contributed by atoms with Crippen LogP contribution in [0.5, 0.6) is 0 Å². The van der Waals surface area contributed by atoms with E-state index in [4.69, 9.17) is 4.74 Å². The Balaban J connectivity index is 1.70. The molecule has 0 radical (unpaired) electrons. The Morgan fingerprint density at radius 2 is 2.08 bits per heavy atom. The number of fused-ring (bicyclic) bond motifs is 1. The zero-order valence-corrected chi connectivity index (χ0v) is 15.0. The van der Waals surface area contributed by atoms with Gasteiger partial charge in [-0.05, 0) is 31.2 Å². The maximum Gasteiger partial charge on any atom is 0.311 e. The normalized spacial score (nSPS) is 27.0. The summed E-state index contributed by atoms with van der Waals surface area (Å²) in [6, 6.07) is 8.33. The highest BCUT2D eigenvalue weighted by molar-refractivity contribution is 5.81. The molecule has 0 saturated carbocycles. The Labute approximate surface area is 149 Å². The number of ether oxygens (including phenoxy) is 1. The smallest absolute Gasteiger partial charge is 0.311 e. The summed E-state index contributed by atoms with van der Waals surface area (Å²) in [6.45, 7) is 5.86. The number of likely N-dealkylation sites (tertiary alicyclic amines) is 1. The summed E-state index contributed by atoms with van der Waals surface area (Å²) in [5.41, 5.74) is 1.56. The van der Waals surface area contributed by atoms with Crippen LogP contribution in [0.2, 0.25) is 0 Å². The van der Waals surface area contributed by atoms with E-state index in [9.17, 15) is 14.7 Å². The van der Waals surface area contributed by atoms with Gasteiger partial charge in [0.25, 0.3) is 0 Å².